The van der Waals surface area contributed by atoms with Gasteiger partial charge in [-0.3, -0.25) is 9.36 Å². The van der Waals surface area contributed by atoms with Gasteiger partial charge >= 0.3 is 5.97 Å². The van der Waals surface area contributed by atoms with E-state index < -0.39 is 31.1 Å². The number of methoxy groups -OCH3 is 1. The number of para-hydroxylation sites is 1. The quantitative estimate of drug-likeness (QED) is 0.267. The van der Waals surface area contributed by atoms with Crippen molar-refractivity contribution in [3.8, 4) is 5.75 Å². The number of imidazole rings is 1. The number of hydrogen-bond acceptors (Lipinski definition) is 8. The summed E-state index contributed by atoms with van der Waals surface area (Å²) in [6.07, 6.45) is 2.28. The molecule has 3 rings (SSSR count). The van der Waals surface area contributed by atoms with Crippen LogP contribution in [0.4, 0.5) is 5.82 Å². The first-order chi connectivity index (χ1) is 16.5. The normalized spacial score (nSPS) is 15.5. The molecule has 0 aliphatic carbocycles. The number of fused-ring (bicyclic) bond motifs is 1. The Labute approximate surface area is 203 Å². The van der Waals surface area contributed by atoms with Gasteiger partial charge in [0.25, 0.3) is 0 Å². The maximum Gasteiger partial charge on any atom is 0.323 e. The van der Waals surface area contributed by atoms with E-state index in [2.05, 4.69) is 25.1 Å². The number of aliphatic carboxylic acids is 1. The molecule has 0 aliphatic rings. The van der Waals surface area contributed by atoms with E-state index in [9.17, 15) is 14.5 Å². The second-order valence-electron chi connectivity index (χ2n) is 8.81. The highest BCUT2D eigenvalue weighted by molar-refractivity contribution is 7.59. The first kappa shape index (κ1) is 26.6. The maximum atomic E-state index is 14.0. The lowest BCUT2D eigenvalue weighted by molar-refractivity contribution is -0.142. The molecule has 35 heavy (non-hydrogen) atoms. The molecule has 12 nitrogen and oxygen atoms in total. The summed E-state index contributed by atoms with van der Waals surface area (Å²) in [5.74, 6) is -0.236. The minimum absolute atomic E-state index is 0.256. The van der Waals surface area contributed by atoms with Crippen LogP contribution in [0.2, 0.25) is 0 Å². The molecule has 0 radical (unpaired) electrons. The third-order valence-corrected chi connectivity index (χ3v) is 7.66. The van der Waals surface area contributed by atoms with Gasteiger partial charge in [-0.1, -0.05) is 18.2 Å². The van der Waals surface area contributed by atoms with Gasteiger partial charge in [-0.25, -0.2) is 25.1 Å². The molecule has 2 unspecified atom stereocenters. The summed E-state index contributed by atoms with van der Waals surface area (Å²) in [5, 5.41) is 15.5. The Morgan fingerprint density at radius 1 is 1.26 bits per heavy atom. The molecule has 0 saturated heterocycles. The average Bonchev–Trinajstić information content (AvgIpc) is 3.21. The zero-order valence-corrected chi connectivity index (χ0v) is 21.3. The lowest BCUT2D eigenvalue weighted by Crippen LogP contribution is -2.47. The third kappa shape index (κ3) is 6.34. The molecule has 0 bridgehead atoms. The van der Waals surface area contributed by atoms with Gasteiger partial charge in [0.15, 0.2) is 11.5 Å². The van der Waals surface area contributed by atoms with Crippen LogP contribution in [0, 0.1) is 0 Å². The molecule has 190 valence electrons. The number of nitrogens with zero attached hydrogens (tertiary/aromatic N) is 4. The fourth-order valence-electron chi connectivity index (χ4n) is 3.60. The summed E-state index contributed by atoms with van der Waals surface area (Å²) in [7, 11) is -2.02. The molecule has 0 amide bonds. The van der Waals surface area contributed by atoms with E-state index in [1.165, 1.54) is 20.2 Å². The van der Waals surface area contributed by atoms with E-state index in [0.717, 1.165) is 5.56 Å². The smallest absolute Gasteiger partial charge is 0.323 e. The van der Waals surface area contributed by atoms with Gasteiger partial charge in [-0.2, -0.15) is 0 Å². The van der Waals surface area contributed by atoms with Crippen molar-refractivity contribution in [2.24, 2.45) is 0 Å². The summed E-state index contributed by atoms with van der Waals surface area (Å²) >= 11 is 0. The average molecular weight is 506 g/mol. The van der Waals surface area contributed by atoms with Crippen LogP contribution >= 0.6 is 7.44 Å². The molecule has 1 aromatic carbocycles. The van der Waals surface area contributed by atoms with Crippen molar-refractivity contribution in [2.45, 2.75) is 51.9 Å². The Morgan fingerprint density at radius 2 is 1.97 bits per heavy atom. The number of carboxylic acid groups (broad SMARTS) is 1. The largest absolute Gasteiger partial charge is 0.496 e. The number of nitrogens with two attached hydrogens (primary N) is 1. The first-order valence-electron chi connectivity index (χ1n) is 11.0. The van der Waals surface area contributed by atoms with Gasteiger partial charge < -0.3 is 24.9 Å². The predicted octanol–water partition coefficient (Wildman–Crippen LogP) is 2.78. The molecule has 2 aromatic heterocycles. The van der Waals surface area contributed by atoms with E-state index in [0.29, 0.717) is 23.5 Å². The second kappa shape index (κ2) is 10.7. The lowest BCUT2D eigenvalue weighted by atomic mass is 10.1. The number of ether oxygens (including phenoxy) is 2. The van der Waals surface area contributed by atoms with Gasteiger partial charge in [-0.05, 0) is 33.8 Å². The van der Waals surface area contributed by atoms with E-state index in [-0.39, 0.29) is 12.2 Å². The van der Waals surface area contributed by atoms with E-state index >= 15 is 0 Å². The topological polar surface area (TPSA) is 167 Å². The van der Waals surface area contributed by atoms with Crippen molar-refractivity contribution in [2.75, 3.05) is 19.2 Å². The summed E-state index contributed by atoms with van der Waals surface area (Å²) < 4.78 is 27.1. The summed E-state index contributed by atoms with van der Waals surface area (Å²) in [4.78, 5) is 24.1. The number of benzene rings is 1. The molecule has 0 aliphatic heterocycles. The number of hydrogen-bond donors (Lipinski definition) is 4. The van der Waals surface area contributed by atoms with Gasteiger partial charge in [0.2, 0.25) is 7.44 Å². The summed E-state index contributed by atoms with van der Waals surface area (Å²) in [5.41, 5.74) is 6.20. The maximum absolute atomic E-state index is 14.0. The Balaban J connectivity index is 1.77. The molecule has 0 spiro atoms. The van der Waals surface area contributed by atoms with Crippen LogP contribution in [0.5, 0.6) is 5.75 Å². The highest BCUT2D eigenvalue weighted by Crippen LogP contribution is 2.43. The van der Waals surface area contributed by atoms with Crippen molar-refractivity contribution in [3.63, 3.8) is 0 Å². The Morgan fingerprint density at radius 3 is 2.66 bits per heavy atom. The van der Waals surface area contributed by atoms with Crippen LogP contribution in [0.1, 0.15) is 39.3 Å². The van der Waals surface area contributed by atoms with Crippen molar-refractivity contribution in [1.82, 2.24) is 29.7 Å². The summed E-state index contributed by atoms with van der Waals surface area (Å²) in [6.45, 7) is 6.89. The molecular formula is C22H32N7O5P. The standard InChI is InChI=1S/C22H32N7O5P/c1-14(10-29-12-26-18-19(23)24-11-25-20(18)29)34-13-35(32,28-22(3,4)21(30)31)27-15(2)16-8-6-7-9-17(16)33-5/h6-9,11-12,14-15H,10,13H2,1-5H3,(H,30,31)(H2,23,24,25)(H2,27,28,32)/t14?,15-,35?/m0/s1. The number of nitrogens with one attached hydrogen (secondary N) is 2. The van der Waals surface area contributed by atoms with Crippen molar-refractivity contribution < 1.29 is 23.9 Å². The van der Waals surface area contributed by atoms with Gasteiger partial charge in [0, 0.05) is 11.6 Å². The molecule has 13 heteroatoms. The number of aromatic nitrogens is 4. The van der Waals surface area contributed by atoms with Crippen molar-refractivity contribution in [1.29, 1.82) is 0 Å². The molecule has 0 fully saturated rings. The number of rotatable bonds is 12. The number of carboxylic acids is 1. The molecule has 0 saturated carbocycles. The Kier molecular flexibility index (Phi) is 8.11. The van der Waals surface area contributed by atoms with Gasteiger partial charge in [0.05, 0.1) is 26.1 Å². The Hall–Kier alpha value is -3.05. The van der Waals surface area contributed by atoms with Gasteiger partial charge in [-0.15, -0.1) is 0 Å². The van der Waals surface area contributed by atoms with Crippen molar-refractivity contribution in [3.05, 3.63) is 42.5 Å². The van der Waals surface area contributed by atoms with Crippen LogP contribution in [-0.2, 0) is 20.6 Å². The number of carbonyl (C=O) groups is 1. The number of anilines is 1. The van der Waals surface area contributed by atoms with E-state index in [1.54, 1.807) is 24.1 Å². The van der Waals surface area contributed by atoms with Crippen molar-refractivity contribution >= 4 is 30.4 Å². The second-order valence-corrected chi connectivity index (χ2v) is 11.0. The monoisotopic (exact) mass is 505 g/mol. The highest BCUT2D eigenvalue weighted by Gasteiger charge is 2.37. The zero-order chi connectivity index (χ0) is 25.8. The molecule has 3 aromatic rings. The highest BCUT2D eigenvalue weighted by atomic mass is 31.2. The summed E-state index contributed by atoms with van der Waals surface area (Å²) in [6, 6.07) is 6.91. The molecule has 2 heterocycles. The fraction of sp³-hybridized carbons (Fsp3) is 0.455. The first-order valence-corrected chi connectivity index (χ1v) is 12.9. The number of nitrogen functional groups attached to an aromatic ring is 1. The van der Waals surface area contributed by atoms with E-state index in [1.807, 2.05) is 32.0 Å². The lowest BCUT2D eigenvalue weighted by Gasteiger charge is -2.32. The third-order valence-electron chi connectivity index (χ3n) is 5.43. The van der Waals surface area contributed by atoms with Gasteiger partial charge in [0.1, 0.15) is 29.5 Å². The SMILES string of the molecule is COc1ccccc1[C@H](C)NP(=O)(COC(C)Cn1cnc2c(N)ncnc21)NC(C)(C)C(=O)O. The fourth-order valence-corrected chi connectivity index (χ4v) is 6.03. The Bertz CT molecular complexity index is 1230. The van der Waals surface area contributed by atoms with Crippen LogP contribution in [0.15, 0.2) is 36.9 Å². The van der Waals surface area contributed by atoms with Crippen LogP contribution in [0.25, 0.3) is 11.2 Å². The van der Waals surface area contributed by atoms with Crippen LogP contribution < -0.4 is 20.6 Å². The molecule has 3 atom stereocenters. The molecule has 5 N–H and O–H groups in total. The minimum atomic E-state index is -3.58. The zero-order valence-electron chi connectivity index (χ0n) is 20.4. The van der Waals surface area contributed by atoms with E-state index in [4.69, 9.17) is 15.2 Å². The predicted molar refractivity (Wildman–Crippen MR) is 132 cm³/mol. The minimum Gasteiger partial charge on any atom is -0.496 e. The molecular weight excluding hydrogens is 473 g/mol. The van der Waals surface area contributed by atoms with Crippen LogP contribution in [-0.4, -0.2) is 55.7 Å². The van der Waals surface area contributed by atoms with Crippen LogP contribution in [0.3, 0.4) is 0 Å².